The predicted octanol–water partition coefficient (Wildman–Crippen LogP) is 4.44. The van der Waals surface area contributed by atoms with Crippen molar-refractivity contribution in [3.63, 3.8) is 0 Å². The molecule has 0 aromatic heterocycles. The Bertz CT molecular complexity index is 1050. The summed E-state index contributed by atoms with van der Waals surface area (Å²) in [4.78, 5) is 25.2. The molecule has 0 bridgehead atoms. The van der Waals surface area contributed by atoms with Gasteiger partial charge in [-0.25, -0.2) is 8.42 Å². The van der Waals surface area contributed by atoms with E-state index in [0.717, 1.165) is 4.90 Å². The van der Waals surface area contributed by atoms with E-state index in [4.69, 9.17) is 0 Å². The Morgan fingerprint density at radius 1 is 1.17 bits per heavy atom. The van der Waals surface area contributed by atoms with Crippen LogP contribution in [0.4, 0.5) is 11.4 Å². The van der Waals surface area contributed by atoms with Gasteiger partial charge in [-0.2, -0.15) is 0 Å². The molecule has 8 heteroatoms. The molecule has 30 heavy (non-hydrogen) atoms. The number of rotatable bonds is 7. The molecule has 0 radical (unpaired) electrons. The van der Waals surface area contributed by atoms with Crippen LogP contribution in [0.2, 0.25) is 0 Å². The zero-order valence-corrected chi connectivity index (χ0v) is 18.9. The molecule has 1 atom stereocenters. The van der Waals surface area contributed by atoms with E-state index in [-0.39, 0.29) is 34.1 Å². The molecule has 2 N–H and O–H groups in total. The zero-order valence-electron chi connectivity index (χ0n) is 17.3. The van der Waals surface area contributed by atoms with Gasteiger partial charge in [0.25, 0.3) is 0 Å². The summed E-state index contributed by atoms with van der Waals surface area (Å²) in [7, 11) is -3.66. The fourth-order valence-corrected chi connectivity index (χ4v) is 5.40. The third-order valence-electron chi connectivity index (χ3n) is 4.96. The Kier molecular flexibility index (Phi) is 6.88. The van der Waals surface area contributed by atoms with Crippen molar-refractivity contribution in [3.8, 4) is 0 Å². The van der Waals surface area contributed by atoms with Gasteiger partial charge in [-0.05, 0) is 48.2 Å². The van der Waals surface area contributed by atoms with Crippen LogP contribution in [-0.4, -0.2) is 31.2 Å². The van der Waals surface area contributed by atoms with E-state index in [2.05, 4.69) is 24.5 Å². The number of hydrogen-bond acceptors (Lipinski definition) is 5. The van der Waals surface area contributed by atoms with Crippen LogP contribution in [0.1, 0.15) is 45.1 Å². The second-order valence-corrected chi connectivity index (χ2v) is 10.9. The summed E-state index contributed by atoms with van der Waals surface area (Å²) >= 11 is 1.44. The highest BCUT2D eigenvalue weighted by Crippen LogP contribution is 2.38. The summed E-state index contributed by atoms with van der Waals surface area (Å²) in [6.45, 7) is 6.11. The number of thioether (sulfide) groups is 1. The third-order valence-corrected chi connectivity index (χ3v) is 8.12. The molecule has 2 aromatic rings. The van der Waals surface area contributed by atoms with Crippen molar-refractivity contribution in [1.82, 2.24) is 0 Å². The van der Waals surface area contributed by atoms with Crippen molar-refractivity contribution in [2.45, 2.75) is 54.6 Å². The smallest absolute Gasteiger partial charge is 0.237 e. The normalized spacial score (nSPS) is 16.1. The monoisotopic (exact) mass is 446 g/mol. The molecular formula is C22H26N2O4S2. The summed E-state index contributed by atoms with van der Waals surface area (Å²) in [6.07, 6.45) is 0.551. The summed E-state index contributed by atoms with van der Waals surface area (Å²) in [5.74, 6) is -0.385. The highest BCUT2D eigenvalue weighted by molar-refractivity contribution is 8.01. The van der Waals surface area contributed by atoms with Gasteiger partial charge in [-0.1, -0.05) is 32.9 Å². The van der Waals surface area contributed by atoms with Crippen LogP contribution < -0.4 is 10.6 Å². The SMILES string of the molecule is CCC1Sc2ccc(S(=O)(=O)CCC(=O)Nc3ccc(C(C)C)cc3)cc2NC1=O. The van der Waals surface area contributed by atoms with Gasteiger partial charge in [0.15, 0.2) is 9.84 Å². The Labute approximate surface area is 181 Å². The van der Waals surface area contributed by atoms with Gasteiger partial charge in [0.2, 0.25) is 11.8 Å². The maximum absolute atomic E-state index is 12.7. The van der Waals surface area contributed by atoms with E-state index < -0.39 is 9.84 Å². The van der Waals surface area contributed by atoms with Crippen LogP contribution in [0.5, 0.6) is 0 Å². The lowest BCUT2D eigenvalue weighted by molar-refractivity contribution is -0.116. The van der Waals surface area contributed by atoms with E-state index >= 15 is 0 Å². The summed E-state index contributed by atoms with van der Waals surface area (Å²) in [5.41, 5.74) is 2.31. The Balaban J connectivity index is 1.63. The van der Waals surface area contributed by atoms with Crippen molar-refractivity contribution >= 4 is 44.8 Å². The fourth-order valence-electron chi connectivity index (χ4n) is 3.11. The van der Waals surface area contributed by atoms with E-state index in [0.29, 0.717) is 23.7 Å². The van der Waals surface area contributed by atoms with Gasteiger partial charge < -0.3 is 10.6 Å². The van der Waals surface area contributed by atoms with Crippen molar-refractivity contribution in [2.24, 2.45) is 0 Å². The lowest BCUT2D eigenvalue weighted by Crippen LogP contribution is -2.28. The molecule has 2 aromatic carbocycles. The predicted molar refractivity (Wildman–Crippen MR) is 121 cm³/mol. The van der Waals surface area contributed by atoms with Gasteiger partial charge in [0, 0.05) is 17.0 Å². The number of sulfone groups is 1. The third kappa shape index (κ3) is 5.23. The fraction of sp³-hybridized carbons (Fsp3) is 0.364. The topological polar surface area (TPSA) is 92.3 Å². The quantitative estimate of drug-likeness (QED) is 0.656. The first kappa shape index (κ1) is 22.4. The molecule has 0 saturated carbocycles. The average molecular weight is 447 g/mol. The molecule has 1 aliphatic heterocycles. The second kappa shape index (κ2) is 9.22. The first-order chi connectivity index (χ1) is 14.2. The molecular weight excluding hydrogens is 420 g/mol. The molecule has 3 rings (SSSR count). The molecule has 1 heterocycles. The number of anilines is 2. The highest BCUT2D eigenvalue weighted by Gasteiger charge is 2.27. The summed E-state index contributed by atoms with van der Waals surface area (Å²) in [5, 5.41) is 5.35. The van der Waals surface area contributed by atoms with Gasteiger partial charge in [0.05, 0.1) is 21.6 Å². The second-order valence-electron chi connectivity index (χ2n) is 7.56. The number of nitrogens with one attached hydrogen (secondary N) is 2. The minimum Gasteiger partial charge on any atom is -0.326 e. The minimum atomic E-state index is -3.66. The van der Waals surface area contributed by atoms with E-state index in [9.17, 15) is 18.0 Å². The standard InChI is InChI=1S/C22H26N2O4S2/c1-4-19-22(26)24-18-13-17(9-10-20(18)29-19)30(27,28)12-11-21(25)23-16-7-5-15(6-8-16)14(2)3/h5-10,13-14,19H,4,11-12H2,1-3H3,(H,23,25)(H,24,26). The summed E-state index contributed by atoms with van der Waals surface area (Å²) < 4.78 is 25.4. The Hall–Kier alpha value is -2.32. The van der Waals surface area contributed by atoms with Crippen LogP contribution in [0.25, 0.3) is 0 Å². The maximum Gasteiger partial charge on any atom is 0.237 e. The lowest BCUT2D eigenvalue weighted by atomic mass is 10.0. The van der Waals surface area contributed by atoms with E-state index in [1.807, 2.05) is 31.2 Å². The average Bonchev–Trinajstić information content (AvgIpc) is 2.71. The number of hydrogen-bond donors (Lipinski definition) is 2. The first-order valence-corrected chi connectivity index (χ1v) is 12.5. The largest absolute Gasteiger partial charge is 0.326 e. The number of fused-ring (bicyclic) bond motifs is 1. The van der Waals surface area contributed by atoms with Crippen molar-refractivity contribution in [3.05, 3.63) is 48.0 Å². The molecule has 0 saturated heterocycles. The molecule has 0 spiro atoms. The number of carbonyl (C=O) groups is 2. The molecule has 0 fully saturated rings. The van der Waals surface area contributed by atoms with Crippen LogP contribution in [0.15, 0.2) is 52.3 Å². The molecule has 1 unspecified atom stereocenters. The van der Waals surface area contributed by atoms with Crippen LogP contribution in [0.3, 0.4) is 0 Å². The van der Waals surface area contributed by atoms with Crippen molar-refractivity contribution in [1.29, 1.82) is 0 Å². The van der Waals surface area contributed by atoms with Crippen molar-refractivity contribution in [2.75, 3.05) is 16.4 Å². The zero-order chi connectivity index (χ0) is 21.9. The van der Waals surface area contributed by atoms with Gasteiger partial charge in [-0.3, -0.25) is 9.59 Å². The molecule has 1 aliphatic rings. The maximum atomic E-state index is 12.7. The first-order valence-electron chi connectivity index (χ1n) is 9.93. The number of benzene rings is 2. The number of amides is 2. The van der Waals surface area contributed by atoms with Crippen molar-refractivity contribution < 1.29 is 18.0 Å². The molecule has 2 amide bonds. The minimum absolute atomic E-state index is 0.103. The molecule has 6 nitrogen and oxygen atoms in total. The van der Waals surface area contributed by atoms with Crippen LogP contribution in [0, 0.1) is 0 Å². The van der Waals surface area contributed by atoms with E-state index in [1.165, 1.54) is 29.5 Å². The lowest BCUT2D eigenvalue weighted by Gasteiger charge is -2.23. The summed E-state index contributed by atoms with van der Waals surface area (Å²) in [6, 6.07) is 12.2. The Morgan fingerprint density at radius 2 is 1.87 bits per heavy atom. The Morgan fingerprint density at radius 3 is 2.50 bits per heavy atom. The highest BCUT2D eigenvalue weighted by atomic mass is 32.2. The van der Waals surface area contributed by atoms with E-state index in [1.54, 1.807) is 6.07 Å². The van der Waals surface area contributed by atoms with Crippen LogP contribution in [-0.2, 0) is 19.4 Å². The molecule has 160 valence electrons. The molecule has 0 aliphatic carbocycles. The van der Waals surface area contributed by atoms with Gasteiger partial charge in [0.1, 0.15) is 0 Å². The number of carbonyl (C=O) groups excluding carboxylic acids is 2. The van der Waals surface area contributed by atoms with Crippen LogP contribution >= 0.6 is 11.8 Å². The van der Waals surface area contributed by atoms with Gasteiger partial charge >= 0.3 is 0 Å². The van der Waals surface area contributed by atoms with Gasteiger partial charge in [-0.15, -0.1) is 11.8 Å².